The van der Waals surface area contributed by atoms with Crippen LogP contribution in [0.25, 0.3) is 0 Å². The van der Waals surface area contributed by atoms with Crippen molar-refractivity contribution in [1.82, 2.24) is 4.90 Å². The van der Waals surface area contributed by atoms with E-state index in [2.05, 4.69) is 15.9 Å². The maximum Gasteiger partial charge on any atom is 0.254 e. The standard InChI is InChI=1S/C20H20BrNO4/c21-16-6-3-14(4-7-16)12-24-17-2-1-9-22(11-17)20(23)15-5-8-18-19(10-15)26-13-25-18/h3-8,10,17H,1-2,9,11-13H2. The van der Waals surface area contributed by atoms with E-state index in [0.717, 1.165) is 29.4 Å². The Morgan fingerprint density at radius 2 is 1.96 bits per heavy atom. The summed E-state index contributed by atoms with van der Waals surface area (Å²) in [6.07, 6.45) is 1.98. The van der Waals surface area contributed by atoms with Gasteiger partial charge in [0.1, 0.15) is 0 Å². The molecule has 0 spiro atoms. The molecule has 0 aromatic heterocycles. The summed E-state index contributed by atoms with van der Waals surface area (Å²) in [4.78, 5) is 14.7. The van der Waals surface area contributed by atoms with Crippen molar-refractivity contribution in [2.45, 2.75) is 25.6 Å². The minimum atomic E-state index is 0.0141. The molecule has 2 aliphatic heterocycles. The van der Waals surface area contributed by atoms with Crippen LogP contribution in [0.1, 0.15) is 28.8 Å². The summed E-state index contributed by atoms with van der Waals surface area (Å²) in [5.74, 6) is 1.34. The van der Waals surface area contributed by atoms with E-state index in [-0.39, 0.29) is 18.8 Å². The first-order valence-corrected chi connectivity index (χ1v) is 9.53. The minimum absolute atomic E-state index is 0.0141. The van der Waals surface area contributed by atoms with Crippen LogP contribution in [0.2, 0.25) is 0 Å². The second-order valence-corrected chi connectivity index (χ2v) is 7.44. The molecule has 2 aromatic carbocycles. The van der Waals surface area contributed by atoms with Gasteiger partial charge in [-0.15, -0.1) is 0 Å². The molecule has 2 aromatic rings. The first kappa shape index (κ1) is 17.4. The summed E-state index contributed by atoms with van der Waals surface area (Å²) in [6.45, 7) is 2.14. The van der Waals surface area contributed by atoms with E-state index < -0.39 is 0 Å². The predicted molar refractivity (Wildman–Crippen MR) is 100 cm³/mol. The quantitative estimate of drug-likeness (QED) is 0.753. The maximum absolute atomic E-state index is 12.8. The number of carbonyl (C=O) groups is 1. The van der Waals surface area contributed by atoms with Crippen molar-refractivity contribution in [3.63, 3.8) is 0 Å². The summed E-state index contributed by atoms with van der Waals surface area (Å²) < 4.78 is 17.8. The van der Waals surface area contributed by atoms with Crippen LogP contribution in [-0.4, -0.2) is 36.8 Å². The van der Waals surface area contributed by atoms with Gasteiger partial charge < -0.3 is 19.1 Å². The molecule has 0 saturated carbocycles. The molecule has 1 fully saturated rings. The number of benzene rings is 2. The van der Waals surface area contributed by atoms with E-state index in [1.54, 1.807) is 18.2 Å². The highest BCUT2D eigenvalue weighted by atomic mass is 79.9. The molecule has 0 aliphatic carbocycles. The van der Waals surface area contributed by atoms with Gasteiger partial charge in [0.05, 0.1) is 12.7 Å². The monoisotopic (exact) mass is 417 g/mol. The topological polar surface area (TPSA) is 48.0 Å². The van der Waals surface area contributed by atoms with Crippen LogP contribution in [0.3, 0.4) is 0 Å². The van der Waals surface area contributed by atoms with Crippen LogP contribution in [0.5, 0.6) is 11.5 Å². The molecule has 1 unspecified atom stereocenters. The van der Waals surface area contributed by atoms with Gasteiger partial charge in [-0.1, -0.05) is 28.1 Å². The van der Waals surface area contributed by atoms with Crippen LogP contribution in [0, 0.1) is 0 Å². The Morgan fingerprint density at radius 3 is 2.81 bits per heavy atom. The number of halogens is 1. The van der Waals surface area contributed by atoms with Gasteiger partial charge in [-0.25, -0.2) is 0 Å². The number of fused-ring (bicyclic) bond motifs is 1. The molecule has 6 heteroatoms. The molecular formula is C20H20BrNO4. The number of hydrogen-bond acceptors (Lipinski definition) is 4. The van der Waals surface area contributed by atoms with Gasteiger partial charge in [0.15, 0.2) is 11.5 Å². The van der Waals surface area contributed by atoms with Crippen LogP contribution >= 0.6 is 15.9 Å². The number of carbonyl (C=O) groups excluding carboxylic acids is 1. The van der Waals surface area contributed by atoms with Crippen molar-refractivity contribution < 1.29 is 19.0 Å². The average Bonchev–Trinajstić information content (AvgIpc) is 3.15. The van der Waals surface area contributed by atoms with E-state index in [1.807, 2.05) is 29.2 Å². The molecule has 1 atom stereocenters. The van der Waals surface area contributed by atoms with Gasteiger partial charge in [0.2, 0.25) is 6.79 Å². The van der Waals surface area contributed by atoms with E-state index in [1.165, 1.54) is 0 Å². The van der Waals surface area contributed by atoms with E-state index in [4.69, 9.17) is 14.2 Å². The van der Waals surface area contributed by atoms with Gasteiger partial charge in [-0.2, -0.15) is 0 Å². The van der Waals surface area contributed by atoms with Gasteiger partial charge in [0.25, 0.3) is 5.91 Å². The maximum atomic E-state index is 12.8. The first-order valence-electron chi connectivity index (χ1n) is 8.74. The second kappa shape index (κ2) is 7.68. The Bertz CT molecular complexity index is 793. The summed E-state index contributed by atoms with van der Waals surface area (Å²) in [7, 11) is 0. The second-order valence-electron chi connectivity index (χ2n) is 6.52. The van der Waals surface area contributed by atoms with Gasteiger partial charge in [-0.05, 0) is 48.7 Å². The number of amides is 1. The molecule has 0 N–H and O–H groups in total. The molecule has 0 radical (unpaired) electrons. The zero-order chi connectivity index (χ0) is 17.9. The lowest BCUT2D eigenvalue weighted by molar-refractivity contribution is -0.00673. The van der Waals surface area contributed by atoms with E-state index in [9.17, 15) is 4.79 Å². The van der Waals surface area contributed by atoms with Crippen LogP contribution in [-0.2, 0) is 11.3 Å². The minimum Gasteiger partial charge on any atom is -0.454 e. The number of piperidine rings is 1. The highest BCUT2D eigenvalue weighted by Crippen LogP contribution is 2.33. The molecular weight excluding hydrogens is 398 g/mol. The molecule has 0 bridgehead atoms. The van der Waals surface area contributed by atoms with Gasteiger partial charge in [0, 0.05) is 23.1 Å². The third kappa shape index (κ3) is 3.86. The Hall–Kier alpha value is -2.05. The van der Waals surface area contributed by atoms with Crippen molar-refractivity contribution in [1.29, 1.82) is 0 Å². The summed E-state index contributed by atoms with van der Waals surface area (Å²) in [5, 5.41) is 0. The average molecular weight is 418 g/mol. The molecule has 1 saturated heterocycles. The highest BCUT2D eigenvalue weighted by Gasteiger charge is 2.26. The fourth-order valence-corrected chi connectivity index (χ4v) is 3.53. The molecule has 26 heavy (non-hydrogen) atoms. The number of hydrogen-bond donors (Lipinski definition) is 0. The third-order valence-electron chi connectivity index (χ3n) is 4.68. The van der Waals surface area contributed by atoms with Crippen molar-refractivity contribution in [3.05, 3.63) is 58.1 Å². The lowest BCUT2D eigenvalue weighted by Crippen LogP contribution is -2.43. The highest BCUT2D eigenvalue weighted by molar-refractivity contribution is 9.10. The van der Waals surface area contributed by atoms with Crippen molar-refractivity contribution >= 4 is 21.8 Å². The Labute approximate surface area is 161 Å². The van der Waals surface area contributed by atoms with Crippen molar-refractivity contribution in [2.75, 3.05) is 19.9 Å². The van der Waals surface area contributed by atoms with E-state index in [0.29, 0.717) is 30.2 Å². The largest absolute Gasteiger partial charge is 0.454 e. The molecule has 4 rings (SSSR count). The number of nitrogens with zero attached hydrogens (tertiary/aromatic N) is 1. The first-order chi connectivity index (χ1) is 12.7. The lowest BCUT2D eigenvalue weighted by Gasteiger charge is -2.32. The molecule has 5 nitrogen and oxygen atoms in total. The smallest absolute Gasteiger partial charge is 0.254 e. The lowest BCUT2D eigenvalue weighted by atomic mass is 10.1. The normalized spacial score (nSPS) is 18.8. The fourth-order valence-electron chi connectivity index (χ4n) is 3.27. The van der Waals surface area contributed by atoms with Gasteiger partial charge >= 0.3 is 0 Å². The van der Waals surface area contributed by atoms with Crippen molar-refractivity contribution in [2.24, 2.45) is 0 Å². The zero-order valence-electron chi connectivity index (χ0n) is 14.3. The molecule has 136 valence electrons. The Morgan fingerprint density at radius 1 is 1.15 bits per heavy atom. The molecule has 2 heterocycles. The molecule has 1 amide bonds. The Kier molecular flexibility index (Phi) is 5.13. The van der Waals surface area contributed by atoms with E-state index >= 15 is 0 Å². The number of rotatable bonds is 4. The van der Waals surface area contributed by atoms with Crippen LogP contribution in [0.15, 0.2) is 46.9 Å². The fraction of sp³-hybridized carbons (Fsp3) is 0.350. The Balaban J connectivity index is 1.37. The number of ether oxygens (including phenoxy) is 3. The van der Waals surface area contributed by atoms with Gasteiger partial charge in [-0.3, -0.25) is 4.79 Å². The summed E-state index contributed by atoms with van der Waals surface area (Å²) in [6, 6.07) is 13.5. The van der Waals surface area contributed by atoms with Crippen LogP contribution in [0.4, 0.5) is 0 Å². The summed E-state index contributed by atoms with van der Waals surface area (Å²) in [5.41, 5.74) is 1.76. The van der Waals surface area contributed by atoms with Crippen molar-refractivity contribution in [3.8, 4) is 11.5 Å². The molecule has 2 aliphatic rings. The number of likely N-dealkylation sites (tertiary alicyclic amines) is 1. The van der Waals surface area contributed by atoms with Crippen LogP contribution < -0.4 is 9.47 Å². The third-order valence-corrected chi connectivity index (χ3v) is 5.21. The summed E-state index contributed by atoms with van der Waals surface area (Å²) >= 11 is 3.44. The predicted octanol–water partition coefficient (Wildman–Crippen LogP) is 4.00. The SMILES string of the molecule is O=C(c1ccc2c(c1)OCO2)N1CCCC(OCc2ccc(Br)cc2)C1. The zero-order valence-corrected chi connectivity index (χ0v) is 15.9.